The number of ether oxygens (including phenoxy) is 2. The first-order valence-corrected chi connectivity index (χ1v) is 20.3. The number of hydrogen-bond acceptors (Lipinski definition) is 10. The molecule has 12 nitrogen and oxygen atoms in total. The first-order valence-electron chi connectivity index (χ1n) is 18.6. The first kappa shape index (κ1) is 40.2. The molecule has 14 heteroatoms. The predicted molar refractivity (Wildman–Crippen MR) is 214 cm³/mol. The smallest absolute Gasteiger partial charge is 0.408 e. The number of nitrogens with zero attached hydrogens (tertiary/aromatic N) is 2. The number of ketones is 1. The van der Waals surface area contributed by atoms with Crippen molar-refractivity contribution in [2.45, 2.75) is 81.0 Å². The minimum absolute atomic E-state index is 0.0285. The highest BCUT2D eigenvalue weighted by Crippen LogP contribution is 2.37. The topological polar surface area (TPSA) is 166 Å². The molecule has 1 fully saturated rings. The summed E-state index contributed by atoms with van der Waals surface area (Å²) in [5.41, 5.74) is 8.55. The lowest BCUT2D eigenvalue weighted by Gasteiger charge is -2.29. The molecule has 55 heavy (non-hydrogen) atoms. The normalized spacial score (nSPS) is 19.1. The van der Waals surface area contributed by atoms with Crippen molar-refractivity contribution in [3.8, 4) is 0 Å². The SMILES string of the molecule is NCCCC[C@H](NC(=O)[C@@H]1C[C@@H](OCC2CC=C(Br)S2)CN1C(=O)[C@@H](CCc1ccccc1)NC(=O)OCc1ccccc1)C(=O)c1nc2ccccc2o1. The molecule has 2 aliphatic rings. The number of aromatic nitrogens is 1. The highest BCUT2D eigenvalue weighted by molar-refractivity contribution is 9.14. The van der Waals surface area contributed by atoms with Gasteiger partial charge in [-0.05, 0) is 84.3 Å². The van der Waals surface area contributed by atoms with E-state index in [1.54, 1.807) is 36.0 Å². The maximum absolute atomic E-state index is 14.6. The van der Waals surface area contributed by atoms with Crippen LogP contribution in [0.4, 0.5) is 4.79 Å². The van der Waals surface area contributed by atoms with Crippen LogP contribution in [0, 0.1) is 0 Å². The Labute approximate surface area is 333 Å². The van der Waals surface area contributed by atoms with Gasteiger partial charge in [0.2, 0.25) is 17.6 Å². The number of alkyl carbamates (subject to hydrolysis) is 1. The minimum Gasteiger partial charge on any atom is -0.445 e. The van der Waals surface area contributed by atoms with Crippen molar-refractivity contribution in [3.05, 3.63) is 112 Å². The van der Waals surface area contributed by atoms with Crippen LogP contribution in [-0.2, 0) is 32.1 Å². The molecule has 0 radical (unpaired) electrons. The number of rotatable bonds is 18. The third-order valence-electron chi connectivity index (χ3n) is 9.64. The molecule has 3 aromatic carbocycles. The number of aryl methyl sites for hydroxylation is 1. The number of likely N-dealkylation sites (tertiary alicyclic amines) is 1. The van der Waals surface area contributed by atoms with Gasteiger partial charge in [-0.15, -0.1) is 11.8 Å². The summed E-state index contributed by atoms with van der Waals surface area (Å²) in [5.74, 6) is -1.52. The fourth-order valence-corrected chi connectivity index (χ4v) is 8.54. The summed E-state index contributed by atoms with van der Waals surface area (Å²) in [6, 6.07) is 23.0. The average Bonchev–Trinajstić information content (AvgIpc) is 3.96. The van der Waals surface area contributed by atoms with E-state index in [0.717, 1.165) is 21.4 Å². The van der Waals surface area contributed by atoms with Gasteiger partial charge in [-0.2, -0.15) is 0 Å². The number of Topliss-reactive ketones (excluding diaryl/α,β-unsaturated/α-hetero) is 1. The van der Waals surface area contributed by atoms with Crippen molar-refractivity contribution in [1.29, 1.82) is 0 Å². The van der Waals surface area contributed by atoms with Gasteiger partial charge >= 0.3 is 6.09 Å². The summed E-state index contributed by atoms with van der Waals surface area (Å²) < 4.78 is 18.7. The molecule has 3 heterocycles. The Balaban J connectivity index is 1.22. The molecule has 0 spiro atoms. The van der Waals surface area contributed by atoms with E-state index < -0.39 is 47.9 Å². The van der Waals surface area contributed by atoms with Crippen molar-refractivity contribution in [1.82, 2.24) is 20.5 Å². The van der Waals surface area contributed by atoms with Crippen LogP contribution in [0.15, 0.2) is 99.2 Å². The minimum atomic E-state index is -1.01. The van der Waals surface area contributed by atoms with E-state index in [-0.39, 0.29) is 37.1 Å². The first-order chi connectivity index (χ1) is 26.8. The number of amides is 3. The number of para-hydroxylation sites is 2. The lowest BCUT2D eigenvalue weighted by molar-refractivity contribution is -0.140. The molecular weight excluding hydrogens is 786 g/mol. The fourth-order valence-electron chi connectivity index (χ4n) is 6.71. The molecule has 0 saturated carbocycles. The van der Waals surface area contributed by atoms with Gasteiger partial charge in [-0.1, -0.05) is 78.9 Å². The van der Waals surface area contributed by atoms with Crippen molar-refractivity contribution in [2.75, 3.05) is 19.7 Å². The third kappa shape index (κ3) is 11.3. The molecule has 290 valence electrons. The number of oxazole rings is 1. The van der Waals surface area contributed by atoms with Gasteiger partial charge in [0.15, 0.2) is 5.58 Å². The van der Waals surface area contributed by atoms with Crippen molar-refractivity contribution in [2.24, 2.45) is 5.73 Å². The van der Waals surface area contributed by atoms with Crippen molar-refractivity contribution in [3.63, 3.8) is 0 Å². The van der Waals surface area contributed by atoms with Crippen LogP contribution in [0.1, 0.15) is 60.3 Å². The molecule has 1 unspecified atom stereocenters. The summed E-state index contributed by atoms with van der Waals surface area (Å²) in [7, 11) is 0. The van der Waals surface area contributed by atoms with Crippen LogP contribution in [0.3, 0.4) is 0 Å². The zero-order valence-corrected chi connectivity index (χ0v) is 32.8. The molecule has 4 aromatic rings. The standard InChI is InChI=1S/C41H46BrN5O7S/c42-36-21-19-30(55-36)26-52-29-23-34(38(49)44-32(16-9-10-22-43)37(48)39-45-31-15-7-8-17-35(31)54-39)47(24-29)40(50)33(20-18-27-11-3-1-4-12-27)46-41(51)53-25-28-13-5-2-6-14-28/h1-8,11-15,17,21,29-30,32-34H,9-10,16,18-20,22-26,43H2,(H,44,49)(H,46,51)/t29-,30?,32+,33-,34+/m1/s1. The van der Waals surface area contributed by atoms with Gasteiger partial charge in [-0.25, -0.2) is 9.78 Å². The molecule has 1 saturated heterocycles. The molecule has 4 N–H and O–H groups in total. The van der Waals surface area contributed by atoms with E-state index in [0.29, 0.717) is 49.9 Å². The number of halogens is 1. The van der Waals surface area contributed by atoms with E-state index in [9.17, 15) is 19.2 Å². The number of hydrogen-bond donors (Lipinski definition) is 3. The van der Waals surface area contributed by atoms with Gasteiger partial charge in [-0.3, -0.25) is 14.4 Å². The lowest BCUT2D eigenvalue weighted by atomic mass is 10.0. The van der Waals surface area contributed by atoms with E-state index >= 15 is 0 Å². The number of carbonyl (C=O) groups excluding carboxylic acids is 4. The Morgan fingerprint density at radius 2 is 1.65 bits per heavy atom. The van der Waals surface area contributed by atoms with Crippen LogP contribution in [0.2, 0.25) is 0 Å². The molecule has 3 amide bonds. The third-order valence-corrected chi connectivity index (χ3v) is 11.6. The second-order valence-electron chi connectivity index (χ2n) is 13.7. The van der Waals surface area contributed by atoms with Crippen LogP contribution >= 0.6 is 27.7 Å². The van der Waals surface area contributed by atoms with E-state index in [1.165, 1.54) is 4.90 Å². The Morgan fingerprint density at radius 3 is 2.36 bits per heavy atom. The molecule has 6 rings (SSSR count). The molecule has 2 aliphatic heterocycles. The molecular formula is C41H46BrN5O7S. The summed E-state index contributed by atoms with van der Waals surface area (Å²) in [6.45, 7) is 1.01. The van der Waals surface area contributed by atoms with Gasteiger partial charge in [0, 0.05) is 22.0 Å². The average molecular weight is 833 g/mol. The Morgan fingerprint density at radius 1 is 0.927 bits per heavy atom. The van der Waals surface area contributed by atoms with Crippen molar-refractivity contribution >= 4 is 62.5 Å². The van der Waals surface area contributed by atoms with E-state index in [4.69, 9.17) is 19.6 Å². The maximum atomic E-state index is 14.6. The van der Waals surface area contributed by atoms with Crippen LogP contribution in [0.25, 0.3) is 11.1 Å². The van der Waals surface area contributed by atoms with Gasteiger partial charge in [0.25, 0.3) is 5.89 Å². The van der Waals surface area contributed by atoms with Crippen LogP contribution < -0.4 is 16.4 Å². The summed E-state index contributed by atoms with van der Waals surface area (Å²) in [5, 5.41) is 5.93. The molecule has 0 aliphatic carbocycles. The number of benzene rings is 3. The second kappa shape index (κ2) is 19.9. The van der Waals surface area contributed by atoms with Gasteiger partial charge in [0.1, 0.15) is 24.2 Å². The summed E-state index contributed by atoms with van der Waals surface area (Å²) in [6.07, 6.45) is 4.21. The number of thioether (sulfide) groups is 1. The largest absolute Gasteiger partial charge is 0.445 e. The van der Waals surface area contributed by atoms with Crippen molar-refractivity contribution < 1.29 is 33.1 Å². The van der Waals surface area contributed by atoms with Gasteiger partial charge in [0.05, 0.1) is 18.8 Å². The molecule has 0 bridgehead atoms. The predicted octanol–water partition coefficient (Wildman–Crippen LogP) is 6.28. The number of unbranched alkanes of at least 4 members (excludes halogenated alkanes) is 1. The van der Waals surface area contributed by atoms with E-state index in [1.807, 2.05) is 60.7 Å². The Bertz CT molecular complexity index is 1910. The Hall–Kier alpha value is -4.50. The monoisotopic (exact) mass is 831 g/mol. The quantitative estimate of drug-likeness (QED) is 0.0768. The number of fused-ring (bicyclic) bond motifs is 1. The number of nitrogens with two attached hydrogens (primary N) is 1. The van der Waals surface area contributed by atoms with Gasteiger partial charge < -0.3 is 35.2 Å². The molecule has 5 atom stereocenters. The fraction of sp³-hybridized carbons (Fsp3) is 0.390. The van der Waals surface area contributed by atoms with E-state index in [2.05, 4.69) is 37.6 Å². The molecule has 1 aromatic heterocycles. The number of allylic oxidation sites excluding steroid dienone is 1. The highest BCUT2D eigenvalue weighted by atomic mass is 79.9. The Kier molecular flexibility index (Phi) is 14.5. The zero-order valence-electron chi connectivity index (χ0n) is 30.4. The van der Waals surface area contributed by atoms with Crippen LogP contribution in [0.5, 0.6) is 0 Å². The maximum Gasteiger partial charge on any atom is 0.408 e. The number of carbonyl (C=O) groups is 4. The zero-order chi connectivity index (χ0) is 38.6. The second-order valence-corrected chi connectivity index (χ2v) is 16.4. The van der Waals surface area contributed by atoms with Crippen LogP contribution in [-0.4, -0.2) is 82.8 Å². The number of nitrogens with one attached hydrogen (secondary N) is 2. The lowest BCUT2D eigenvalue weighted by Crippen LogP contribution is -2.55. The highest BCUT2D eigenvalue weighted by Gasteiger charge is 2.44. The summed E-state index contributed by atoms with van der Waals surface area (Å²) >= 11 is 5.21. The summed E-state index contributed by atoms with van der Waals surface area (Å²) in [4.78, 5) is 61.8.